The second-order valence-electron chi connectivity index (χ2n) is 9.64. The molecule has 4 rings (SSSR count). The lowest BCUT2D eigenvalue weighted by molar-refractivity contribution is -0.173. The van der Waals surface area contributed by atoms with Crippen LogP contribution in [0, 0.1) is 5.92 Å². The van der Waals surface area contributed by atoms with Gasteiger partial charge in [0.15, 0.2) is 5.13 Å². The number of carbonyl (C=O) groups is 3. The number of hydrogen-bond donors (Lipinski definition) is 3. The topological polar surface area (TPSA) is 126 Å². The van der Waals surface area contributed by atoms with Crippen molar-refractivity contribution < 1.29 is 19.5 Å². The van der Waals surface area contributed by atoms with Crippen LogP contribution in [0.25, 0.3) is 0 Å². The fourth-order valence-corrected chi connectivity index (χ4v) is 7.87. The highest BCUT2D eigenvalue weighted by Crippen LogP contribution is 2.55. The highest BCUT2D eigenvalue weighted by molar-refractivity contribution is 8.01. The molecule has 1 unspecified atom stereocenters. The van der Waals surface area contributed by atoms with Gasteiger partial charge in [0, 0.05) is 17.7 Å². The van der Waals surface area contributed by atoms with Crippen molar-refractivity contribution in [2.24, 2.45) is 5.92 Å². The molecule has 0 spiro atoms. The molecule has 1 aliphatic carbocycles. The zero-order chi connectivity index (χ0) is 23.1. The van der Waals surface area contributed by atoms with E-state index in [2.05, 4.69) is 10.3 Å². The molecule has 3 fully saturated rings. The van der Waals surface area contributed by atoms with E-state index in [0.717, 1.165) is 31.4 Å². The molecule has 1 aromatic rings. The zero-order valence-corrected chi connectivity index (χ0v) is 20.3. The van der Waals surface area contributed by atoms with Crippen molar-refractivity contribution in [1.82, 2.24) is 15.2 Å². The summed E-state index contributed by atoms with van der Waals surface area (Å²) in [5, 5.41) is 15.2. The predicted molar refractivity (Wildman–Crippen MR) is 125 cm³/mol. The third-order valence-electron chi connectivity index (χ3n) is 7.24. The number of amides is 2. The minimum Gasteiger partial charge on any atom is -0.478 e. The first kappa shape index (κ1) is 23.4. The molecule has 0 bridgehead atoms. The second-order valence-corrected chi connectivity index (χ2v) is 12.3. The summed E-state index contributed by atoms with van der Waals surface area (Å²) < 4.78 is -0.855. The molecule has 10 heteroatoms. The maximum absolute atomic E-state index is 13.4. The number of thiazole rings is 1. The van der Waals surface area contributed by atoms with Crippen molar-refractivity contribution in [3.63, 3.8) is 0 Å². The van der Waals surface area contributed by atoms with Gasteiger partial charge < -0.3 is 16.2 Å². The number of thioether (sulfide) groups is 1. The number of nitrogen functional groups attached to an aromatic ring is 1. The second kappa shape index (κ2) is 8.85. The van der Waals surface area contributed by atoms with Crippen molar-refractivity contribution in [2.45, 2.75) is 93.3 Å². The molecule has 2 amide bonds. The van der Waals surface area contributed by atoms with Crippen LogP contribution in [0.5, 0.6) is 0 Å². The molecule has 3 atom stereocenters. The van der Waals surface area contributed by atoms with Gasteiger partial charge >= 0.3 is 5.97 Å². The van der Waals surface area contributed by atoms with Gasteiger partial charge in [-0.05, 0) is 32.6 Å². The largest absolute Gasteiger partial charge is 0.478 e. The third-order valence-corrected chi connectivity index (χ3v) is 9.47. The summed E-state index contributed by atoms with van der Waals surface area (Å²) in [5.41, 5.74) is 4.97. The number of rotatable bonds is 6. The maximum Gasteiger partial charge on any atom is 0.352 e. The number of hydrogen-bond acceptors (Lipinski definition) is 7. The van der Waals surface area contributed by atoms with E-state index in [1.165, 1.54) is 47.3 Å². The normalized spacial score (nSPS) is 28.9. The fourth-order valence-electron chi connectivity index (χ4n) is 5.55. The monoisotopic (exact) mass is 480 g/mol. The van der Waals surface area contributed by atoms with Gasteiger partial charge in [0.1, 0.15) is 0 Å². The number of carbonyl (C=O) groups excluding carboxylic acids is 2. The summed E-state index contributed by atoms with van der Waals surface area (Å²) in [7, 11) is 0. The molecule has 0 radical (unpaired) electrons. The molecule has 176 valence electrons. The molecule has 32 heavy (non-hydrogen) atoms. The average molecular weight is 481 g/mol. The Morgan fingerprint density at radius 1 is 1.28 bits per heavy atom. The van der Waals surface area contributed by atoms with Crippen LogP contribution in [0.3, 0.4) is 0 Å². The van der Waals surface area contributed by atoms with Crippen LogP contribution >= 0.6 is 23.1 Å². The van der Waals surface area contributed by atoms with Crippen molar-refractivity contribution in [2.75, 3.05) is 5.73 Å². The summed E-state index contributed by atoms with van der Waals surface area (Å²) in [5.74, 6) is -1.61. The van der Waals surface area contributed by atoms with Crippen LogP contribution in [0.1, 0.15) is 83.2 Å². The van der Waals surface area contributed by atoms with Crippen molar-refractivity contribution in [3.8, 4) is 0 Å². The van der Waals surface area contributed by atoms with Crippen LogP contribution in [0.15, 0.2) is 5.38 Å². The number of carboxylic acid groups (broad SMARTS) is 1. The van der Waals surface area contributed by atoms with Crippen molar-refractivity contribution >= 4 is 46.0 Å². The van der Waals surface area contributed by atoms with Gasteiger partial charge in [-0.15, -0.1) is 23.1 Å². The number of nitrogens with one attached hydrogen (secondary N) is 1. The lowest BCUT2D eigenvalue weighted by Gasteiger charge is -2.46. The lowest BCUT2D eigenvalue weighted by Crippen LogP contribution is -2.75. The molecule has 8 nitrogen and oxygen atoms in total. The molecule has 2 saturated heterocycles. The Labute approximate surface area is 196 Å². The van der Waals surface area contributed by atoms with Gasteiger partial charge in [0.2, 0.25) is 17.5 Å². The summed E-state index contributed by atoms with van der Waals surface area (Å²) in [4.78, 5) is 44.1. The predicted octanol–water partition coefficient (Wildman–Crippen LogP) is 3.54. The minimum atomic E-state index is -1.75. The van der Waals surface area contributed by atoms with Crippen LogP contribution in [0.4, 0.5) is 5.13 Å². The van der Waals surface area contributed by atoms with Gasteiger partial charge in [-0.3, -0.25) is 14.5 Å². The SMILES string of the molecule is CC1(C)S[C@@H]2CC(=O)N2[C@@]1(NC(=O)CC(c1csc(N)n1)C1CCCCCCC1)C(=O)O. The molecular formula is C22H32N4O4S2. The molecule has 2 aliphatic heterocycles. The van der Waals surface area contributed by atoms with E-state index in [9.17, 15) is 19.5 Å². The Morgan fingerprint density at radius 2 is 1.94 bits per heavy atom. The van der Waals surface area contributed by atoms with E-state index in [1.807, 2.05) is 5.38 Å². The first-order chi connectivity index (χ1) is 15.2. The molecule has 1 aromatic heterocycles. The Morgan fingerprint density at radius 3 is 2.50 bits per heavy atom. The Bertz CT molecular complexity index is 896. The van der Waals surface area contributed by atoms with E-state index in [0.29, 0.717) is 17.5 Å². The number of nitrogens with zero attached hydrogens (tertiary/aromatic N) is 2. The van der Waals surface area contributed by atoms with Crippen LogP contribution < -0.4 is 11.1 Å². The number of fused-ring (bicyclic) bond motifs is 1. The number of aliphatic carboxylic acids is 1. The third kappa shape index (κ3) is 4.00. The molecule has 4 N–H and O–H groups in total. The van der Waals surface area contributed by atoms with E-state index in [-0.39, 0.29) is 29.5 Å². The molecule has 3 aliphatic rings. The van der Waals surface area contributed by atoms with Crippen LogP contribution in [-0.4, -0.2) is 48.6 Å². The highest BCUT2D eigenvalue weighted by Gasteiger charge is 2.70. The summed E-state index contributed by atoms with van der Waals surface area (Å²) in [6.07, 6.45) is 8.37. The van der Waals surface area contributed by atoms with Crippen molar-refractivity contribution in [3.05, 3.63) is 11.1 Å². The highest BCUT2D eigenvalue weighted by atomic mass is 32.2. The molecule has 3 heterocycles. The van der Waals surface area contributed by atoms with Gasteiger partial charge in [0.25, 0.3) is 0 Å². The molecule has 1 saturated carbocycles. The number of carboxylic acids is 1. The van der Waals surface area contributed by atoms with Gasteiger partial charge in [0.05, 0.1) is 22.2 Å². The first-order valence-corrected chi connectivity index (χ1v) is 13.2. The standard InChI is InChI=1S/C22H32N4O4S2/c1-21(2)22(19(29)30,26-17(28)11-18(26)32-21)25-16(27)10-14(15-12-31-20(23)24-15)13-8-6-4-3-5-7-9-13/h12-14,18H,3-11H2,1-2H3,(H2,23,24)(H,25,27)(H,29,30)/t14?,18-,22+/m1/s1. The van der Waals surface area contributed by atoms with E-state index in [4.69, 9.17) is 5.73 Å². The van der Waals surface area contributed by atoms with E-state index < -0.39 is 16.4 Å². The van der Waals surface area contributed by atoms with Gasteiger partial charge in [-0.2, -0.15) is 0 Å². The summed E-state index contributed by atoms with van der Waals surface area (Å²) in [6, 6.07) is 0. The van der Waals surface area contributed by atoms with Gasteiger partial charge in [-0.25, -0.2) is 9.78 Å². The minimum absolute atomic E-state index is 0.118. The number of anilines is 1. The van der Waals surface area contributed by atoms with Gasteiger partial charge in [-0.1, -0.05) is 32.1 Å². The average Bonchev–Trinajstić information content (AvgIpc) is 3.17. The quantitative estimate of drug-likeness (QED) is 0.532. The summed E-state index contributed by atoms with van der Waals surface area (Å²) >= 11 is 2.80. The number of aromatic nitrogens is 1. The van der Waals surface area contributed by atoms with Crippen molar-refractivity contribution in [1.29, 1.82) is 0 Å². The Hall–Kier alpha value is -1.81. The Kier molecular flexibility index (Phi) is 6.46. The smallest absolute Gasteiger partial charge is 0.352 e. The van der Waals surface area contributed by atoms with Crippen LogP contribution in [0.2, 0.25) is 0 Å². The fraction of sp³-hybridized carbons (Fsp3) is 0.727. The molecular weight excluding hydrogens is 448 g/mol. The maximum atomic E-state index is 13.4. The lowest BCUT2D eigenvalue weighted by atomic mass is 9.78. The molecule has 0 aromatic carbocycles. The zero-order valence-electron chi connectivity index (χ0n) is 18.6. The van der Waals surface area contributed by atoms with E-state index in [1.54, 1.807) is 13.8 Å². The first-order valence-electron chi connectivity index (χ1n) is 11.4. The van der Waals surface area contributed by atoms with Crippen LogP contribution in [-0.2, 0) is 14.4 Å². The number of nitrogens with two attached hydrogens (primary N) is 1. The Balaban J connectivity index is 1.58. The van der Waals surface area contributed by atoms with E-state index >= 15 is 0 Å². The summed E-state index contributed by atoms with van der Waals surface area (Å²) in [6.45, 7) is 3.57. The number of β-lactam (4-membered cyclic amide) rings is 1.